The molecule has 6 heteroatoms. The average molecular weight is 322 g/mol. The summed E-state index contributed by atoms with van der Waals surface area (Å²) in [6.07, 6.45) is 3.83. The number of carbonyl (C=O) groups is 1. The van der Waals surface area contributed by atoms with Crippen LogP contribution in [0.3, 0.4) is 0 Å². The largest absolute Gasteiger partial charge is 0.467 e. The van der Waals surface area contributed by atoms with Gasteiger partial charge in [-0.25, -0.2) is 4.99 Å². The maximum Gasteiger partial charge on any atom is 0.242 e. The van der Waals surface area contributed by atoms with Crippen LogP contribution in [0.1, 0.15) is 46.3 Å². The van der Waals surface area contributed by atoms with Crippen LogP contribution in [0.5, 0.6) is 0 Å². The third kappa shape index (κ3) is 8.90. The second-order valence-electron chi connectivity index (χ2n) is 6.07. The fourth-order valence-electron chi connectivity index (χ4n) is 2.01. The van der Waals surface area contributed by atoms with Crippen LogP contribution >= 0.6 is 0 Å². The van der Waals surface area contributed by atoms with E-state index in [9.17, 15) is 4.79 Å². The van der Waals surface area contributed by atoms with E-state index in [4.69, 9.17) is 4.42 Å². The van der Waals surface area contributed by atoms with Crippen LogP contribution in [0, 0.1) is 5.92 Å². The predicted molar refractivity (Wildman–Crippen MR) is 93.2 cm³/mol. The van der Waals surface area contributed by atoms with Crippen molar-refractivity contribution in [3.63, 3.8) is 0 Å². The molecule has 1 unspecified atom stereocenters. The van der Waals surface area contributed by atoms with Crippen LogP contribution in [0.4, 0.5) is 0 Å². The molecule has 23 heavy (non-hydrogen) atoms. The Morgan fingerprint density at radius 1 is 1.26 bits per heavy atom. The highest BCUT2D eigenvalue weighted by molar-refractivity contribution is 5.84. The molecular weight excluding hydrogens is 292 g/mol. The van der Waals surface area contributed by atoms with Crippen LogP contribution in [-0.4, -0.2) is 31.0 Å². The molecule has 0 aliphatic heterocycles. The zero-order valence-electron chi connectivity index (χ0n) is 14.7. The van der Waals surface area contributed by atoms with Crippen molar-refractivity contribution in [3.8, 4) is 0 Å². The Bertz CT molecular complexity index is 469. The lowest BCUT2D eigenvalue weighted by Crippen LogP contribution is -2.43. The number of furan rings is 1. The lowest BCUT2D eigenvalue weighted by atomic mass is 10.0. The topological polar surface area (TPSA) is 78.7 Å². The minimum Gasteiger partial charge on any atom is -0.467 e. The molecule has 6 nitrogen and oxygen atoms in total. The van der Waals surface area contributed by atoms with Gasteiger partial charge in [-0.3, -0.25) is 4.79 Å². The van der Waals surface area contributed by atoms with Crippen molar-refractivity contribution in [1.29, 1.82) is 0 Å². The molecule has 1 amide bonds. The molecule has 0 aromatic carbocycles. The van der Waals surface area contributed by atoms with Gasteiger partial charge in [0, 0.05) is 12.6 Å². The molecule has 3 N–H and O–H groups in total. The van der Waals surface area contributed by atoms with Crippen molar-refractivity contribution in [2.75, 3.05) is 13.1 Å². The summed E-state index contributed by atoms with van der Waals surface area (Å²) in [7, 11) is 0. The highest BCUT2D eigenvalue weighted by Crippen LogP contribution is 2.06. The van der Waals surface area contributed by atoms with Crippen molar-refractivity contribution in [2.45, 2.75) is 53.1 Å². The van der Waals surface area contributed by atoms with Gasteiger partial charge >= 0.3 is 0 Å². The van der Waals surface area contributed by atoms with Gasteiger partial charge in [-0.15, -0.1) is 0 Å². The highest BCUT2D eigenvalue weighted by atomic mass is 16.3. The van der Waals surface area contributed by atoms with Gasteiger partial charge in [-0.05, 0) is 44.7 Å². The third-order valence-electron chi connectivity index (χ3n) is 3.33. The van der Waals surface area contributed by atoms with Gasteiger partial charge in [0.05, 0.1) is 12.8 Å². The molecule has 1 atom stereocenters. The van der Waals surface area contributed by atoms with E-state index >= 15 is 0 Å². The van der Waals surface area contributed by atoms with Gasteiger partial charge in [0.1, 0.15) is 12.3 Å². The van der Waals surface area contributed by atoms with Crippen LogP contribution in [-0.2, 0) is 11.3 Å². The Morgan fingerprint density at radius 3 is 2.65 bits per heavy atom. The highest BCUT2D eigenvalue weighted by Gasteiger charge is 2.07. The third-order valence-corrected chi connectivity index (χ3v) is 3.33. The molecule has 0 saturated heterocycles. The van der Waals surface area contributed by atoms with E-state index in [2.05, 4.69) is 41.7 Å². The Kier molecular flexibility index (Phi) is 8.87. The average Bonchev–Trinajstić information content (AvgIpc) is 3.02. The molecule has 0 aliphatic rings. The Balaban J connectivity index is 2.38. The van der Waals surface area contributed by atoms with E-state index in [0.29, 0.717) is 24.5 Å². The minimum absolute atomic E-state index is 0.0902. The smallest absolute Gasteiger partial charge is 0.242 e. The van der Waals surface area contributed by atoms with Crippen LogP contribution in [0.2, 0.25) is 0 Å². The second kappa shape index (κ2) is 10.7. The van der Waals surface area contributed by atoms with E-state index in [1.165, 1.54) is 0 Å². The van der Waals surface area contributed by atoms with Crippen molar-refractivity contribution in [1.82, 2.24) is 16.0 Å². The number of nitrogens with one attached hydrogen (secondary N) is 3. The van der Waals surface area contributed by atoms with Crippen LogP contribution < -0.4 is 16.0 Å². The first kappa shape index (κ1) is 19.1. The summed E-state index contributed by atoms with van der Waals surface area (Å²) in [5, 5.41) is 9.29. The maximum atomic E-state index is 11.8. The van der Waals surface area contributed by atoms with E-state index in [0.717, 1.165) is 25.1 Å². The summed E-state index contributed by atoms with van der Waals surface area (Å²) in [6.45, 7) is 9.81. The minimum atomic E-state index is -0.131. The molecular formula is C17H30N4O2. The number of hydrogen-bond acceptors (Lipinski definition) is 3. The predicted octanol–water partition coefficient (Wildman–Crippen LogP) is 2.28. The molecule has 1 aromatic heterocycles. The van der Waals surface area contributed by atoms with Crippen molar-refractivity contribution in [2.24, 2.45) is 10.9 Å². The molecule has 1 aromatic rings. The van der Waals surface area contributed by atoms with Gasteiger partial charge in [-0.1, -0.05) is 13.8 Å². The monoisotopic (exact) mass is 322 g/mol. The standard InChI is InChI=1S/C17H30N4O2/c1-5-18-17(21-14(4)9-8-13(2)3)20-12-16(22)19-11-15-7-6-10-23-15/h6-7,10,13-14H,5,8-9,11-12H2,1-4H3,(H,19,22)(H2,18,20,21). The first-order valence-corrected chi connectivity index (χ1v) is 8.35. The fraction of sp³-hybridized carbons (Fsp3) is 0.647. The number of nitrogens with zero attached hydrogens (tertiary/aromatic N) is 1. The second-order valence-corrected chi connectivity index (χ2v) is 6.07. The molecule has 0 saturated carbocycles. The molecule has 130 valence electrons. The summed E-state index contributed by atoms with van der Waals surface area (Å²) in [5.41, 5.74) is 0. The number of carbonyl (C=O) groups excluding carboxylic acids is 1. The van der Waals surface area contributed by atoms with E-state index in [1.807, 2.05) is 13.0 Å². The van der Waals surface area contributed by atoms with Crippen molar-refractivity contribution < 1.29 is 9.21 Å². The molecule has 1 heterocycles. The molecule has 0 aliphatic carbocycles. The van der Waals surface area contributed by atoms with Gasteiger partial charge in [-0.2, -0.15) is 0 Å². The normalized spacial score (nSPS) is 13.0. The summed E-state index contributed by atoms with van der Waals surface area (Å²) < 4.78 is 5.17. The number of guanidine groups is 1. The van der Waals surface area contributed by atoms with Gasteiger partial charge in [0.15, 0.2) is 5.96 Å². The number of rotatable bonds is 9. The van der Waals surface area contributed by atoms with E-state index in [-0.39, 0.29) is 12.5 Å². The van der Waals surface area contributed by atoms with Gasteiger partial charge in [0.2, 0.25) is 5.91 Å². The van der Waals surface area contributed by atoms with Crippen LogP contribution in [0.15, 0.2) is 27.8 Å². The summed E-state index contributed by atoms with van der Waals surface area (Å²) in [4.78, 5) is 16.2. The Morgan fingerprint density at radius 2 is 2.04 bits per heavy atom. The zero-order valence-corrected chi connectivity index (χ0v) is 14.7. The van der Waals surface area contributed by atoms with Crippen LogP contribution in [0.25, 0.3) is 0 Å². The van der Waals surface area contributed by atoms with E-state index < -0.39 is 0 Å². The maximum absolute atomic E-state index is 11.8. The molecule has 0 radical (unpaired) electrons. The summed E-state index contributed by atoms with van der Waals surface area (Å²) in [5.74, 6) is 1.96. The lowest BCUT2D eigenvalue weighted by Gasteiger charge is -2.18. The molecule has 1 rings (SSSR count). The summed E-state index contributed by atoms with van der Waals surface area (Å²) >= 11 is 0. The Hall–Kier alpha value is -1.98. The van der Waals surface area contributed by atoms with Crippen molar-refractivity contribution >= 4 is 11.9 Å². The van der Waals surface area contributed by atoms with Gasteiger partial charge in [0.25, 0.3) is 0 Å². The van der Waals surface area contributed by atoms with E-state index in [1.54, 1.807) is 12.3 Å². The fourth-order valence-corrected chi connectivity index (χ4v) is 2.01. The first-order chi connectivity index (χ1) is 11.0. The number of aliphatic imine (C=N–C) groups is 1. The lowest BCUT2D eigenvalue weighted by molar-refractivity contribution is -0.119. The van der Waals surface area contributed by atoms with Gasteiger partial charge < -0.3 is 20.4 Å². The first-order valence-electron chi connectivity index (χ1n) is 8.35. The quantitative estimate of drug-likeness (QED) is 0.481. The Labute approximate surface area is 139 Å². The molecule has 0 bridgehead atoms. The number of amides is 1. The SMILES string of the molecule is CCNC(=NCC(=O)NCc1ccco1)NC(C)CCC(C)C. The molecule has 0 spiro atoms. The van der Waals surface area contributed by atoms with Crippen molar-refractivity contribution in [3.05, 3.63) is 24.2 Å². The molecule has 0 fully saturated rings. The summed E-state index contributed by atoms with van der Waals surface area (Å²) in [6, 6.07) is 3.94. The number of hydrogen-bond donors (Lipinski definition) is 3. The zero-order chi connectivity index (χ0) is 17.1.